The van der Waals surface area contributed by atoms with Crippen LogP contribution in [0.2, 0.25) is 0 Å². The fraction of sp³-hybridized carbons (Fsp3) is 0.389. The van der Waals surface area contributed by atoms with Crippen molar-refractivity contribution in [3.63, 3.8) is 0 Å². The lowest BCUT2D eigenvalue weighted by molar-refractivity contribution is -0.131. The average Bonchev–Trinajstić information content (AvgIpc) is 3.37. The summed E-state index contributed by atoms with van der Waals surface area (Å²) in [5.74, 6) is 0.685. The van der Waals surface area contributed by atoms with E-state index in [-0.39, 0.29) is 17.6 Å². The average molecular weight is 402 g/mol. The monoisotopic (exact) mass is 401 g/mol. The van der Waals surface area contributed by atoms with Crippen molar-refractivity contribution in [2.75, 3.05) is 12.3 Å². The molecule has 1 amide bonds. The Balaban J connectivity index is 1.40. The highest BCUT2D eigenvalue weighted by molar-refractivity contribution is 8.00. The first-order valence-electron chi connectivity index (χ1n) is 8.69. The number of hydrogen-bond donors (Lipinski definition) is 0. The lowest BCUT2D eigenvalue weighted by atomic mass is 10.1. The summed E-state index contributed by atoms with van der Waals surface area (Å²) in [7, 11) is 1.83. The Kier molecular flexibility index (Phi) is 4.96. The first kappa shape index (κ1) is 18.1. The number of rotatable bonds is 6. The van der Waals surface area contributed by atoms with Gasteiger partial charge in [0.15, 0.2) is 11.4 Å². The lowest BCUT2D eigenvalue weighted by Gasteiger charge is -2.14. The molecule has 0 N–H and O–H groups in total. The molecule has 140 valence electrons. The molecule has 4 heterocycles. The predicted octanol–water partition coefficient (Wildman–Crippen LogP) is 2.77. The number of aromatic nitrogens is 4. The van der Waals surface area contributed by atoms with Gasteiger partial charge in [-0.15, -0.1) is 11.3 Å². The Bertz CT molecular complexity index is 1010. The first-order valence-corrected chi connectivity index (χ1v) is 10.5. The van der Waals surface area contributed by atoms with Gasteiger partial charge in [-0.05, 0) is 18.6 Å². The van der Waals surface area contributed by atoms with Gasteiger partial charge in [-0.1, -0.05) is 18.7 Å². The van der Waals surface area contributed by atoms with E-state index < -0.39 is 0 Å². The molecule has 0 bridgehead atoms. The van der Waals surface area contributed by atoms with E-state index >= 15 is 0 Å². The van der Waals surface area contributed by atoms with Crippen LogP contribution in [0, 0.1) is 5.92 Å². The van der Waals surface area contributed by atoms with E-state index in [1.165, 1.54) is 29.4 Å². The zero-order valence-corrected chi connectivity index (χ0v) is 16.7. The number of amides is 1. The highest BCUT2D eigenvalue weighted by atomic mass is 32.2. The molecule has 9 heteroatoms. The molecule has 4 rings (SSSR count). The van der Waals surface area contributed by atoms with Crippen LogP contribution in [0.25, 0.3) is 11.0 Å². The van der Waals surface area contributed by atoms with E-state index in [1.807, 2.05) is 31.0 Å². The number of likely N-dealkylation sites (tertiary alicyclic amines) is 1. The SMILES string of the molecule is CC1CCN(Cc2ccc(C(=O)CSc3ncnc4c3cnn4C)s2)C1=O. The second kappa shape index (κ2) is 7.40. The van der Waals surface area contributed by atoms with E-state index in [2.05, 4.69) is 15.1 Å². The number of hydrogen-bond acceptors (Lipinski definition) is 7. The molecule has 3 aromatic heterocycles. The molecule has 0 aromatic carbocycles. The molecule has 0 spiro atoms. The number of thioether (sulfide) groups is 1. The first-order chi connectivity index (χ1) is 13.0. The van der Waals surface area contributed by atoms with Crippen molar-refractivity contribution >= 4 is 45.8 Å². The van der Waals surface area contributed by atoms with Crippen molar-refractivity contribution in [3.8, 4) is 0 Å². The van der Waals surface area contributed by atoms with Gasteiger partial charge in [0.25, 0.3) is 0 Å². The maximum atomic E-state index is 12.6. The van der Waals surface area contributed by atoms with Crippen molar-refractivity contribution in [2.45, 2.75) is 24.9 Å². The van der Waals surface area contributed by atoms with Gasteiger partial charge in [0.2, 0.25) is 5.91 Å². The van der Waals surface area contributed by atoms with Crippen LogP contribution < -0.4 is 0 Å². The number of carbonyl (C=O) groups excluding carboxylic acids is 2. The van der Waals surface area contributed by atoms with Gasteiger partial charge < -0.3 is 4.90 Å². The summed E-state index contributed by atoms with van der Waals surface area (Å²) in [6.07, 6.45) is 4.13. The number of carbonyl (C=O) groups is 2. The van der Waals surface area contributed by atoms with Gasteiger partial charge in [-0.3, -0.25) is 14.3 Å². The van der Waals surface area contributed by atoms with E-state index in [9.17, 15) is 9.59 Å². The molecule has 1 atom stereocenters. The Morgan fingerprint density at radius 1 is 1.37 bits per heavy atom. The summed E-state index contributed by atoms with van der Waals surface area (Å²) < 4.78 is 1.69. The van der Waals surface area contributed by atoms with Crippen molar-refractivity contribution in [1.82, 2.24) is 24.6 Å². The summed E-state index contributed by atoms with van der Waals surface area (Å²) >= 11 is 2.87. The molecule has 1 aliphatic rings. The van der Waals surface area contributed by atoms with Crippen LogP contribution in [0.3, 0.4) is 0 Å². The number of Topliss-reactive ketones (excluding diaryl/α,β-unsaturated/α-hetero) is 1. The smallest absolute Gasteiger partial charge is 0.225 e. The largest absolute Gasteiger partial charge is 0.337 e. The fourth-order valence-electron chi connectivity index (χ4n) is 3.11. The van der Waals surface area contributed by atoms with Crippen LogP contribution >= 0.6 is 23.1 Å². The highest BCUT2D eigenvalue weighted by Crippen LogP contribution is 2.27. The molecule has 0 saturated carbocycles. The minimum Gasteiger partial charge on any atom is -0.337 e. The van der Waals surface area contributed by atoms with E-state index in [1.54, 1.807) is 10.9 Å². The molecule has 27 heavy (non-hydrogen) atoms. The van der Waals surface area contributed by atoms with Crippen LogP contribution in [0.5, 0.6) is 0 Å². The third-order valence-electron chi connectivity index (χ3n) is 4.68. The zero-order chi connectivity index (χ0) is 19.0. The minimum atomic E-state index is 0.0630. The molecule has 1 aliphatic heterocycles. The van der Waals surface area contributed by atoms with Crippen molar-refractivity contribution in [3.05, 3.63) is 34.4 Å². The molecule has 1 fully saturated rings. The van der Waals surface area contributed by atoms with Gasteiger partial charge in [-0.2, -0.15) is 5.10 Å². The quantitative estimate of drug-likeness (QED) is 0.359. The second-order valence-electron chi connectivity index (χ2n) is 6.61. The fourth-order valence-corrected chi connectivity index (χ4v) is 5.01. The number of aryl methyl sites for hydroxylation is 1. The Morgan fingerprint density at radius 3 is 3.00 bits per heavy atom. The summed E-state index contributed by atoms with van der Waals surface area (Å²) in [5, 5.41) is 5.80. The number of nitrogens with zero attached hydrogens (tertiary/aromatic N) is 5. The molecular formula is C18H19N5O2S2. The second-order valence-corrected chi connectivity index (χ2v) is 8.74. The predicted molar refractivity (Wildman–Crippen MR) is 105 cm³/mol. The Morgan fingerprint density at radius 2 is 2.22 bits per heavy atom. The van der Waals surface area contributed by atoms with Crippen molar-refractivity contribution in [1.29, 1.82) is 0 Å². The summed E-state index contributed by atoms with van der Waals surface area (Å²) in [6.45, 7) is 3.36. The van der Waals surface area contributed by atoms with Crippen molar-refractivity contribution < 1.29 is 9.59 Å². The minimum absolute atomic E-state index is 0.0630. The molecule has 0 aliphatic carbocycles. The molecule has 1 unspecified atom stereocenters. The topological polar surface area (TPSA) is 81.0 Å². The van der Waals surface area contributed by atoms with Crippen LogP contribution in [-0.4, -0.2) is 48.6 Å². The molecule has 7 nitrogen and oxygen atoms in total. The van der Waals surface area contributed by atoms with Crippen LogP contribution in [-0.2, 0) is 18.4 Å². The third kappa shape index (κ3) is 3.61. The van der Waals surface area contributed by atoms with E-state index in [4.69, 9.17) is 0 Å². The van der Waals surface area contributed by atoms with E-state index in [0.29, 0.717) is 17.2 Å². The van der Waals surface area contributed by atoms with Crippen molar-refractivity contribution in [2.24, 2.45) is 13.0 Å². The van der Waals surface area contributed by atoms with Gasteiger partial charge in [0, 0.05) is 24.4 Å². The summed E-state index contributed by atoms with van der Waals surface area (Å²) in [6, 6.07) is 3.80. The summed E-state index contributed by atoms with van der Waals surface area (Å²) in [4.78, 5) is 36.8. The lowest BCUT2D eigenvalue weighted by Crippen LogP contribution is -2.25. The third-order valence-corrected chi connectivity index (χ3v) is 6.80. The highest BCUT2D eigenvalue weighted by Gasteiger charge is 2.28. The van der Waals surface area contributed by atoms with Crippen LogP contribution in [0.4, 0.5) is 0 Å². The number of ketones is 1. The maximum Gasteiger partial charge on any atom is 0.225 e. The summed E-state index contributed by atoms with van der Waals surface area (Å²) in [5.41, 5.74) is 0.753. The van der Waals surface area contributed by atoms with Gasteiger partial charge in [0.1, 0.15) is 11.4 Å². The Hall–Kier alpha value is -2.26. The molecule has 0 radical (unpaired) electrons. The maximum absolute atomic E-state index is 12.6. The van der Waals surface area contributed by atoms with Gasteiger partial charge >= 0.3 is 0 Å². The van der Waals surface area contributed by atoms with Gasteiger partial charge in [-0.25, -0.2) is 9.97 Å². The molecule has 3 aromatic rings. The van der Waals surface area contributed by atoms with Crippen LogP contribution in [0.1, 0.15) is 27.9 Å². The molecule has 1 saturated heterocycles. The standard InChI is InChI=1S/C18H19N5O2S2/c1-11-5-6-23(18(11)25)8-12-3-4-15(27-12)14(24)9-26-17-13-7-21-22(2)16(13)19-10-20-17/h3-4,7,10-11H,5-6,8-9H2,1-2H3. The number of fused-ring (bicyclic) bond motifs is 1. The number of thiophene rings is 1. The zero-order valence-electron chi connectivity index (χ0n) is 15.1. The molecular weight excluding hydrogens is 382 g/mol. The van der Waals surface area contributed by atoms with E-state index in [0.717, 1.165) is 33.9 Å². The Labute approximate surface area is 164 Å². The van der Waals surface area contributed by atoms with Gasteiger partial charge in [0.05, 0.1) is 28.8 Å². The normalized spacial score (nSPS) is 17.2. The van der Waals surface area contributed by atoms with Crippen LogP contribution in [0.15, 0.2) is 29.7 Å².